The highest BCUT2D eigenvalue weighted by Crippen LogP contribution is 2.44. The number of para-hydroxylation sites is 3. The quantitative estimate of drug-likeness (QED) is 0.489. The van der Waals surface area contributed by atoms with E-state index >= 15 is 0 Å². The molecule has 28 heavy (non-hydrogen) atoms. The molecule has 1 aliphatic heterocycles. The number of rotatable bonds is 3. The second-order valence-corrected chi connectivity index (χ2v) is 7.77. The Kier molecular flexibility index (Phi) is 4.10. The first-order valence-electron chi connectivity index (χ1n) is 9.29. The summed E-state index contributed by atoms with van der Waals surface area (Å²) in [6, 6.07) is 21.6. The predicted molar refractivity (Wildman–Crippen MR) is 112 cm³/mol. The number of hydrogen-bond donors (Lipinski definition) is 1. The van der Waals surface area contributed by atoms with Crippen LogP contribution in [-0.2, 0) is 11.2 Å². The Hall–Kier alpha value is -3.18. The Labute approximate surface area is 166 Å². The second kappa shape index (κ2) is 6.77. The van der Waals surface area contributed by atoms with Gasteiger partial charge in [0, 0.05) is 11.1 Å². The van der Waals surface area contributed by atoms with Gasteiger partial charge in [-0.3, -0.25) is 4.79 Å². The molecular weight excluding hydrogens is 368 g/mol. The van der Waals surface area contributed by atoms with Crippen molar-refractivity contribution >= 4 is 32.6 Å². The number of ether oxygens (including phenoxy) is 1. The molecule has 0 fully saturated rings. The molecule has 1 aromatic heterocycles. The van der Waals surface area contributed by atoms with Crippen LogP contribution in [0.1, 0.15) is 29.5 Å². The summed E-state index contributed by atoms with van der Waals surface area (Å²) < 4.78 is 7.08. The highest BCUT2D eigenvalue weighted by Gasteiger charge is 2.32. The van der Waals surface area contributed by atoms with Crippen LogP contribution in [0.25, 0.3) is 10.2 Å². The van der Waals surface area contributed by atoms with E-state index in [4.69, 9.17) is 4.74 Å². The molecule has 0 saturated heterocycles. The normalized spacial score (nSPS) is 12.9. The third-order valence-corrected chi connectivity index (χ3v) is 5.99. The SMILES string of the molecule is CCc1cccc2sc(NC(=O)C3c4ccccc4Oc4ccccc43)nc12. The van der Waals surface area contributed by atoms with Crippen molar-refractivity contribution in [3.8, 4) is 11.5 Å². The molecule has 0 radical (unpaired) electrons. The molecular formula is C23H18N2O2S. The number of benzene rings is 3. The van der Waals surface area contributed by atoms with Crippen LogP contribution in [0.2, 0.25) is 0 Å². The van der Waals surface area contributed by atoms with E-state index < -0.39 is 5.92 Å². The summed E-state index contributed by atoms with van der Waals surface area (Å²) in [6.07, 6.45) is 0.912. The number of hydrogen-bond acceptors (Lipinski definition) is 4. The molecule has 0 saturated carbocycles. The molecule has 2 heterocycles. The van der Waals surface area contributed by atoms with Gasteiger partial charge in [-0.05, 0) is 30.2 Å². The molecule has 0 unspecified atom stereocenters. The molecule has 0 bridgehead atoms. The van der Waals surface area contributed by atoms with Gasteiger partial charge in [-0.15, -0.1) is 0 Å². The maximum atomic E-state index is 13.3. The fraction of sp³-hybridized carbons (Fsp3) is 0.130. The first kappa shape index (κ1) is 17.0. The molecule has 1 amide bonds. The van der Waals surface area contributed by atoms with Crippen LogP contribution in [0.3, 0.4) is 0 Å². The fourth-order valence-electron chi connectivity index (χ4n) is 3.71. The standard InChI is InChI=1S/C23H18N2O2S/c1-2-14-8-7-13-19-21(14)24-23(28-19)25-22(26)20-15-9-3-5-11-17(15)27-18-12-6-4-10-16(18)20/h3-13,20H,2H2,1H3,(H,24,25,26). The van der Waals surface area contributed by atoms with Crippen LogP contribution in [0.4, 0.5) is 5.13 Å². The van der Waals surface area contributed by atoms with Gasteiger partial charge in [0.25, 0.3) is 0 Å². The summed E-state index contributed by atoms with van der Waals surface area (Å²) in [7, 11) is 0. The van der Waals surface area contributed by atoms with Gasteiger partial charge in [0.05, 0.1) is 16.1 Å². The first-order chi connectivity index (χ1) is 13.7. The molecule has 138 valence electrons. The number of nitrogens with one attached hydrogen (secondary N) is 1. The summed E-state index contributed by atoms with van der Waals surface area (Å²) in [6.45, 7) is 2.11. The van der Waals surface area contributed by atoms with Crippen molar-refractivity contribution in [1.29, 1.82) is 0 Å². The Balaban J connectivity index is 1.54. The number of carbonyl (C=O) groups is 1. The lowest BCUT2D eigenvalue weighted by molar-refractivity contribution is -0.116. The first-order valence-corrected chi connectivity index (χ1v) is 10.1. The molecule has 0 aliphatic carbocycles. The van der Waals surface area contributed by atoms with Crippen molar-refractivity contribution in [2.24, 2.45) is 0 Å². The summed E-state index contributed by atoms with van der Waals surface area (Å²) in [5, 5.41) is 3.67. The number of carbonyl (C=O) groups excluding carboxylic acids is 1. The summed E-state index contributed by atoms with van der Waals surface area (Å²) in [5.41, 5.74) is 3.90. The minimum absolute atomic E-state index is 0.0969. The van der Waals surface area contributed by atoms with Crippen LogP contribution in [-0.4, -0.2) is 10.9 Å². The lowest BCUT2D eigenvalue weighted by Gasteiger charge is -2.27. The third-order valence-electron chi connectivity index (χ3n) is 5.06. The average Bonchev–Trinajstić information content (AvgIpc) is 3.14. The third kappa shape index (κ3) is 2.75. The smallest absolute Gasteiger partial charge is 0.238 e. The number of aromatic nitrogens is 1. The zero-order chi connectivity index (χ0) is 19.1. The number of amides is 1. The number of thiazole rings is 1. The van der Waals surface area contributed by atoms with E-state index in [-0.39, 0.29) is 5.91 Å². The van der Waals surface area contributed by atoms with Crippen molar-refractivity contribution in [1.82, 2.24) is 4.98 Å². The van der Waals surface area contributed by atoms with E-state index in [0.717, 1.165) is 39.3 Å². The lowest BCUT2D eigenvalue weighted by atomic mass is 9.87. The van der Waals surface area contributed by atoms with Gasteiger partial charge in [-0.2, -0.15) is 0 Å². The molecule has 4 nitrogen and oxygen atoms in total. The molecule has 1 aliphatic rings. The van der Waals surface area contributed by atoms with E-state index in [1.807, 2.05) is 60.7 Å². The Morgan fingerprint density at radius 1 is 1.00 bits per heavy atom. The lowest BCUT2D eigenvalue weighted by Crippen LogP contribution is -2.25. The van der Waals surface area contributed by atoms with E-state index in [9.17, 15) is 4.79 Å². The Bertz CT molecular complexity index is 1150. The minimum Gasteiger partial charge on any atom is -0.457 e. The molecule has 4 aromatic rings. The van der Waals surface area contributed by atoms with Gasteiger partial charge in [-0.1, -0.05) is 66.8 Å². The van der Waals surface area contributed by atoms with Crippen molar-refractivity contribution in [3.05, 3.63) is 83.4 Å². The maximum Gasteiger partial charge on any atom is 0.238 e. The van der Waals surface area contributed by atoms with Gasteiger partial charge in [0.15, 0.2) is 5.13 Å². The van der Waals surface area contributed by atoms with Crippen LogP contribution in [0.5, 0.6) is 11.5 Å². The van der Waals surface area contributed by atoms with Crippen LogP contribution in [0, 0.1) is 0 Å². The van der Waals surface area contributed by atoms with Gasteiger partial charge in [-0.25, -0.2) is 4.98 Å². The second-order valence-electron chi connectivity index (χ2n) is 6.74. The Morgan fingerprint density at radius 3 is 2.36 bits per heavy atom. The fourth-order valence-corrected chi connectivity index (χ4v) is 4.63. The van der Waals surface area contributed by atoms with E-state index in [0.29, 0.717) is 5.13 Å². The monoisotopic (exact) mass is 386 g/mol. The zero-order valence-electron chi connectivity index (χ0n) is 15.3. The predicted octanol–water partition coefficient (Wildman–Crippen LogP) is 5.74. The number of anilines is 1. The van der Waals surface area contributed by atoms with E-state index in [1.54, 1.807) is 0 Å². The topological polar surface area (TPSA) is 51.2 Å². The largest absolute Gasteiger partial charge is 0.457 e. The average molecular weight is 386 g/mol. The molecule has 0 atom stereocenters. The molecule has 3 aromatic carbocycles. The summed E-state index contributed by atoms with van der Waals surface area (Å²) in [4.78, 5) is 18.0. The summed E-state index contributed by atoms with van der Waals surface area (Å²) in [5.74, 6) is 0.914. The van der Waals surface area contributed by atoms with E-state index in [2.05, 4.69) is 23.3 Å². The molecule has 1 N–H and O–H groups in total. The maximum absolute atomic E-state index is 13.3. The highest BCUT2D eigenvalue weighted by atomic mass is 32.1. The number of aryl methyl sites for hydroxylation is 1. The van der Waals surface area contributed by atoms with Gasteiger partial charge in [0.1, 0.15) is 11.5 Å². The Morgan fingerprint density at radius 2 is 1.68 bits per heavy atom. The zero-order valence-corrected chi connectivity index (χ0v) is 16.1. The van der Waals surface area contributed by atoms with Crippen LogP contribution >= 0.6 is 11.3 Å². The van der Waals surface area contributed by atoms with Gasteiger partial charge < -0.3 is 10.1 Å². The van der Waals surface area contributed by atoms with Gasteiger partial charge in [0.2, 0.25) is 5.91 Å². The van der Waals surface area contributed by atoms with E-state index in [1.165, 1.54) is 16.9 Å². The van der Waals surface area contributed by atoms with Crippen molar-refractivity contribution in [2.75, 3.05) is 5.32 Å². The van der Waals surface area contributed by atoms with Crippen molar-refractivity contribution in [2.45, 2.75) is 19.3 Å². The number of fused-ring (bicyclic) bond motifs is 3. The highest BCUT2D eigenvalue weighted by molar-refractivity contribution is 7.22. The van der Waals surface area contributed by atoms with Crippen molar-refractivity contribution < 1.29 is 9.53 Å². The minimum atomic E-state index is -0.432. The number of nitrogens with zero attached hydrogens (tertiary/aromatic N) is 1. The van der Waals surface area contributed by atoms with Crippen LogP contribution < -0.4 is 10.1 Å². The molecule has 5 rings (SSSR count). The van der Waals surface area contributed by atoms with Gasteiger partial charge >= 0.3 is 0 Å². The van der Waals surface area contributed by atoms with Crippen molar-refractivity contribution in [3.63, 3.8) is 0 Å². The summed E-state index contributed by atoms with van der Waals surface area (Å²) >= 11 is 1.51. The molecule has 0 spiro atoms. The molecule has 5 heteroatoms. The van der Waals surface area contributed by atoms with Crippen LogP contribution in [0.15, 0.2) is 66.7 Å².